The zero-order valence-electron chi connectivity index (χ0n) is 6.50. The van der Waals surface area contributed by atoms with Crippen molar-refractivity contribution in [2.75, 3.05) is 0 Å². The van der Waals surface area contributed by atoms with Crippen molar-refractivity contribution >= 4 is 5.91 Å². The fraction of sp³-hybridized carbons (Fsp3) is 0.250. The van der Waals surface area contributed by atoms with Gasteiger partial charge in [-0.15, -0.1) is 0 Å². The van der Waals surface area contributed by atoms with Crippen LogP contribution in [0.5, 0.6) is 0 Å². The lowest BCUT2D eigenvalue weighted by Crippen LogP contribution is -2.61. The summed E-state index contributed by atoms with van der Waals surface area (Å²) in [7, 11) is 0. The van der Waals surface area contributed by atoms with Crippen LogP contribution in [0.4, 0.5) is 8.78 Å². The first-order valence-corrected chi connectivity index (χ1v) is 3.71. The molecule has 1 aromatic rings. The standard InChI is InChI=1S/C8H6F2N2O/c9-8(10)6(12-7(8)13)5-1-3-11-4-2-5/h1-4,6H,(H,12,13). The zero-order chi connectivity index (χ0) is 9.47. The normalized spacial score (nSPS) is 24.8. The zero-order valence-corrected chi connectivity index (χ0v) is 6.50. The van der Waals surface area contributed by atoms with Gasteiger partial charge in [-0.1, -0.05) is 0 Å². The molecule has 0 bridgehead atoms. The molecular weight excluding hydrogens is 178 g/mol. The second-order valence-corrected chi connectivity index (χ2v) is 2.81. The average Bonchev–Trinajstić information content (AvgIpc) is 2.15. The molecule has 0 spiro atoms. The number of carbonyl (C=O) groups is 1. The number of hydrogen-bond donors (Lipinski definition) is 1. The van der Waals surface area contributed by atoms with Crippen LogP contribution in [0.2, 0.25) is 0 Å². The SMILES string of the molecule is O=C1NC(c2ccncc2)C1(F)F. The second kappa shape index (κ2) is 2.48. The van der Waals surface area contributed by atoms with Crippen molar-refractivity contribution in [3.05, 3.63) is 30.1 Å². The molecule has 1 fully saturated rings. The summed E-state index contributed by atoms with van der Waals surface area (Å²) < 4.78 is 25.7. The molecule has 1 saturated heterocycles. The number of nitrogens with one attached hydrogen (secondary N) is 1. The highest BCUT2D eigenvalue weighted by atomic mass is 19.3. The summed E-state index contributed by atoms with van der Waals surface area (Å²) in [4.78, 5) is 14.2. The molecule has 1 aliphatic heterocycles. The third-order valence-electron chi connectivity index (χ3n) is 1.98. The number of alkyl halides is 2. The number of pyridine rings is 1. The lowest BCUT2D eigenvalue weighted by atomic mass is 9.94. The number of aromatic nitrogens is 1. The van der Waals surface area contributed by atoms with Gasteiger partial charge in [0, 0.05) is 12.4 Å². The van der Waals surface area contributed by atoms with Crippen LogP contribution in [0.15, 0.2) is 24.5 Å². The average molecular weight is 184 g/mol. The van der Waals surface area contributed by atoms with Crippen LogP contribution in [-0.2, 0) is 4.79 Å². The molecule has 1 amide bonds. The highest BCUT2D eigenvalue weighted by molar-refractivity contribution is 5.91. The fourth-order valence-electron chi connectivity index (χ4n) is 1.22. The van der Waals surface area contributed by atoms with Gasteiger partial charge in [0.25, 0.3) is 5.91 Å². The number of rotatable bonds is 1. The van der Waals surface area contributed by atoms with Gasteiger partial charge in [-0.2, -0.15) is 8.78 Å². The Morgan fingerprint density at radius 2 is 2.00 bits per heavy atom. The number of carbonyl (C=O) groups excluding carboxylic acids is 1. The Labute approximate surface area is 72.8 Å². The van der Waals surface area contributed by atoms with Gasteiger partial charge in [0.2, 0.25) is 0 Å². The maximum atomic E-state index is 12.8. The highest BCUT2D eigenvalue weighted by Gasteiger charge is 2.58. The molecule has 1 aromatic heterocycles. The molecule has 0 aliphatic carbocycles. The molecule has 0 saturated carbocycles. The van der Waals surface area contributed by atoms with E-state index >= 15 is 0 Å². The van der Waals surface area contributed by atoms with Crippen LogP contribution in [0.25, 0.3) is 0 Å². The maximum Gasteiger partial charge on any atom is 0.348 e. The van der Waals surface area contributed by atoms with Crippen molar-refractivity contribution in [1.29, 1.82) is 0 Å². The van der Waals surface area contributed by atoms with Crippen LogP contribution in [0, 0.1) is 0 Å². The van der Waals surface area contributed by atoms with E-state index in [0.29, 0.717) is 5.56 Å². The van der Waals surface area contributed by atoms with E-state index in [-0.39, 0.29) is 0 Å². The Balaban J connectivity index is 2.27. The van der Waals surface area contributed by atoms with Gasteiger partial charge in [0.05, 0.1) is 0 Å². The molecule has 3 nitrogen and oxygen atoms in total. The van der Waals surface area contributed by atoms with E-state index in [1.165, 1.54) is 24.5 Å². The first-order valence-electron chi connectivity index (χ1n) is 3.71. The molecular formula is C8H6F2N2O. The van der Waals surface area contributed by atoms with Gasteiger partial charge in [-0.3, -0.25) is 9.78 Å². The van der Waals surface area contributed by atoms with E-state index in [1.54, 1.807) is 0 Å². The first-order chi connectivity index (χ1) is 6.12. The summed E-state index contributed by atoms with van der Waals surface area (Å²) in [5.41, 5.74) is 0.375. The van der Waals surface area contributed by atoms with Gasteiger partial charge in [-0.25, -0.2) is 0 Å². The monoisotopic (exact) mass is 184 g/mol. The van der Waals surface area contributed by atoms with Crippen LogP contribution >= 0.6 is 0 Å². The van der Waals surface area contributed by atoms with Crippen molar-refractivity contribution in [2.24, 2.45) is 0 Å². The molecule has 1 unspecified atom stereocenters. The van der Waals surface area contributed by atoms with E-state index in [2.05, 4.69) is 10.3 Å². The minimum Gasteiger partial charge on any atom is -0.337 e. The van der Waals surface area contributed by atoms with Crippen molar-refractivity contribution in [3.63, 3.8) is 0 Å². The fourth-order valence-corrected chi connectivity index (χ4v) is 1.22. The van der Waals surface area contributed by atoms with Crippen LogP contribution < -0.4 is 5.32 Å². The topological polar surface area (TPSA) is 42.0 Å². The Morgan fingerprint density at radius 1 is 1.38 bits per heavy atom. The summed E-state index contributed by atoms with van der Waals surface area (Å²) in [5, 5.41) is 2.13. The largest absolute Gasteiger partial charge is 0.348 e. The van der Waals surface area contributed by atoms with E-state index in [0.717, 1.165) is 0 Å². The molecule has 1 aliphatic rings. The van der Waals surface area contributed by atoms with E-state index in [4.69, 9.17) is 0 Å². The van der Waals surface area contributed by atoms with Crippen molar-refractivity contribution in [2.45, 2.75) is 12.0 Å². The smallest absolute Gasteiger partial charge is 0.337 e. The summed E-state index contributed by atoms with van der Waals surface area (Å²) >= 11 is 0. The molecule has 13 heavy (non-hydrogen) atoms. The lowest BCUT2D eigenvalue weighted by Gasteiger charge is -2.36. The maximum absolute atomic E-state index is 12.8. The summed E-state index contributed by atoms with van der Waals surface area (Å²) in [6.45, 7) is 0. The predicted molar refractivity (Wildman–Crippen MR) is 40.1 cm³/mol. The minimum absolute atomic E-state index is 0.375. The predicted octanol–water partition coefficient (Wildman–Crippen LogP) is 0.888. The molecule has 68 valence electrons. The van der Waals surface area contributed by atoms with Gasteiger partial charge in [0.15, 0.2) is 0 Å². The van der Waals surface area contributed by atoms with Crippen LogP contribution in [0.3, 0.4) is 0 Å². The van der Waals surface area contributed by atoms with Crippen molar-refractivity contribution < 1.29 is 13.6 Å². The van der Waals surface area contributed by atoms with Crippen molar-refractivity contribution in [1.82, 2.24) is 10.3 Å². The number of halogens is 2. The summed E-state index contributed by atoms with van der Waals surface area (Å²) in [5.74, 6) is -4.49. The lowest BCUT2D eigenvalue weighted by molar-refractivity contribution is -0.171. The van der Waals surface area contributed by atoms with Gasteiger partial charge in [0.1, 0.15) is 6.04 Å². The molecule has 0 aromatic carbocycles. The molecule has 2 heterocycles. The number of hydrogen-bond acceptors (Lipinski definition) is 2. The molecule has 5 heteroatoms. The Hall–Kier alpha value is -1.52. The first kappa shape index (κ1) is 8.10. The Bertz CT molecular complexity index is 339. The van der Waals surface area contributed by atoms with Crippen LogP contribution in [-0.4, -0.2) is 16.8 Å². The van der Waals surface area contributed by atoms with Crippen molar-refractivity contribution in [3.8, 4) is 0 Å². The van der Waals surface area contributed by atoms with E-state index in [9.17, 15) is 13.6 Å². The van der Waals surface area contributed by atoms with Gasteiger partial charge in [-0.05, 0) is 17.7 Å². The summed E-state index contributed by atoms with van der Waals surface area (Å²) in [6, 6.07) is 1.72. The van der Waals surface area contributed by atoms with Crippen LogP contribution in [0.1, 0.15) is 11.6 Å². The quantitative estimate of drug-likeness (QED) is 0.658. The van der Waals surface area contributed by atoms with E-state index < -0.39 is 17.9 Å². The molecule has 2 rings (SSSR count). The Kier molecular flexibility index (Phi) is 1.55. The number of nitrogens with zero attached hydrogens (tertiary/aromatic N) is 1. The highest BCUT2D eigenvalue weighted by Crippen LogP contribution is 2.38. The third kappa shape index (κ3) is 1.07. The Morgan fingerprint density at radius 3 is 2.46 bits per heavy atom. The van der Waals surface area contributed by atoms with Gasteiger partial charge < -0.3 is 5.32 Å². The molecule has 0 radical (unpaired) electrons. The molecule has 1 atom stereocenters. The van der Waals surface area contributed by atoms with Gasteiger partial charge >= 0.3 is 5.92 Å². The third-order valence-corrected chi connectivity index (χ3v) is 1.98. The van der Waals surface area contributed by atoms with E-state index in [1.807, 2.05) is 0 Å². The number of β-lactam (4-membered cyclic amide) rings is 1. The number of amides is 1. The minimum atomic E-state index is -3.28. The molecule has 1 N–H and O–H groups in total. The summed E-state index contributed by atoms with van der Waals surface area (Å²) in [6.07, 6.45) is 2.83. The second-order valence-electron chi connectivity index (χ2n) is 2.81.